The molecule has 3 aromatic rings. The number of rotatable bonds is 6. The van der Waals surface area contributed by atoms with Gasteiger partial charge in [0.25, 0.3) is 0 Å². The average molecular weight is 571 g/mol. The Bertz CT molecular complexity index is 1570. The number of amides is 3. The Balaban J connectivity index is 1.27. The van der Waals surface area contributed by atoms with Crippen LogP contribution in [0.2, 0.25) is 0 Å². The highest BCUT2D eigenvalue weighted by Gasteiger charge is 2.71. The first-order valence-corrected chi connectivity index (χ1v) is 14.8. The second kappa shape index (κ2) is 10.1. The number of para-hydroxylation sites is 2. The number of benzene rings is 2. The lowest BCUT2D eigenvalue weighted by atomic mass is 9.78. The molecule has 3 amide bonds. The SMILES string of the molecule is O=C1C2N(CCCO)C(=O)[C@@H]3[C@@H]4C(=O)N(c5ccccc5)CC=C[C@@H]4S[C@]23C=CCN1Cn1nnc2ccccc21. The van der Waals surface area contributed by atoms with E-state index in [0.717, 1.165) is 16.7 Å². The predicted octanol–water partition coefficient (Wildman–Crippen LogP) is 2.07. The standard InChI is InChI=1S/C30H30N6O4S/c37-18-8-17-35-26-29(40)33(19-36-22-12-5-4-11-21(22)31-32-36)15-7-14-30(26)25(28(35)39)24-23(41-30)13-6-16-34(27(24)38)20-9-2-1-3-10-20/h1-7,9-14,23-26,37H,8,15-19H2/t23-,24+,25-,26?,30-/m0/s1. The van der Waals surface area contributed by atoms with Gasteiger partial charge in [-0.1, -0.05) is 59.8 Å². The molecule has 4 aliphatic heterocycles. The molecule has 210 valence electrons. The van der Waals surface area contributed by atoms with Crippen LogP contribution in [0.5, 0.6) is 0 Å². The summed E-state index contributed by atoms with van der Waals surface area (Å²) in [6.07, 6.45) is 8.33. The van der Waals surface area contributed by atoms with Crippen molar-refractivity contribution in [3.05, 3.63) is 78.9 Å². The molecule has 1 unspecified atom stereocenters. The summed E-state index contributed by atoms with van der Waals surface area (Å²) in [6, 6.07) is 16.3. The minimum absolute atomic E-state index is 0.102. The molecule has 41 heavy (non-hydrogen) atoms. The number of anilines is 1. The van der Waals surface area contributed by atoms with Gasteiger partial charge in [0.15, 0.2) is 0 Å². The van der Waals surface area contributed by atoms with Gasteiger partial charge < -0.3 is 19.8 Å². The maximum absolute atomic E-state index is 14.4. The number of likely N-dealkylation sites (tertiary alicyclic amines) is 1. The molecule has 1 spiro atoms. The van der Waals surface area contributed by atoms with Gasteiger partial charge in [-0.15, -0.1) is 16.9 Å². The fourth-order valence-electron chi connectivity index (χ4n) is 6.81. The third kappa shape index (κ3) is 4.01. The van der Waals surface area contributed by atoms with Crippen molar-refractivity contribution in [2.24, 2.45) is 11.8 Å². The third-order valence-corrected chi connectivity index (χ3v) is 10.3. The number of thioether (sulfide) groups is 1. The maximum Gasteiger partial charge on any atom is 0.248 e. The van der Waals surface area contributed by atoms with Crippen molar-refractivity contribution >= 4 is 46.2 Å². The molecule has 1 N–H and O–H groups in total. The van der Waals surface area contributed by atoms with Crippen LogP contribution in [-0.2, 0) is 21.1 Å². The van der Waals surface area contributed by atoms with Crippen LogP contribution in [0.3, 0.4) is 0 Å². The molecule has 2 fully saturated rings. The highest BCUT2D eigenvalue weighted by molar-refractivity contribution is 8.02. The minimum atomic E-state index is -0.905. The first kappa shape index (κ1) is 26.0. The van der Waals surface area contributed by atoms with E-state index in [9.17, 15) is 19.5 Å². The van der Waals surface area contributed by atoms with Gasteiger partial charge >= 0.3 is 0 Å². The Morgan fingerprint density at radius 1 is 0.951 bits per heavy atom. The lowest BCUT2D eigenvalue weighted by molar-refractivity contribution is -0.143. The topological polar surface area (TPSA) is 112 Å². The summed E-state index contributed by atoms with van der Waals surface area (Å²) in [6.45, 7) is 1.09. The van der Waals surface area contributed by atoms with Crippen LogP contribution in [0.1, 0.15) is 6.42 Å². The molecule has 1 aromatic heterocycles. The molecule has 5 atom stereocenters. The van der Waals surface area contributed by atoms with Crippen molar-refractivity contribution in [3.8, 4) is 0 Å². The number of carbonyl (C=O) groups excluding carboxylic acids is 3. The monoisotopic (exact) mass is 570 g/mol. The highest BCUT2D eigenvalue weighted by Crippen LogP contribution is 2.61. The van der Waals surface area contributed by atoms with Crippen molar-refractivity contribution in [3.63, 3.8) is 0 Å². The number of hydrogen-bond acceptors (Lipinski definition) is 7. The van der Waals surface area contributed by atoms with E-state index in [1.54, 1.807) is 31.1 Å². The van der Waals surface area contributed by atoms with Crippen molar-refractivity contribution < 1.29 is 19.5 Å². The molecule has 2 aromatic carbocycles. The van der Waals surface area contributed by atoms with E-state index < -0.39 is 22.6 Å². The summed E-state index contributed by atoms with van der Waals surface area (Å²) in [4.78, 5) is 47.9. The van der Waals surface area contributed by atoms with Crippen LogP contribution < -0.4 is 4.90 Å². The number of aliphatic hydroxyl groups is 1. The van der Waals surface area contributed by atoms with E-state index >= 15 is 0 Å². The smallest absolute Gasteiger partial charge is 0.248 e. The van der Waals surface area contributed by atoms with E-state index in [1.165, 1.54) is 0 Å². The quantitative estimate of drug-likeness (QED) is 0.452. The van der Waals surface area contributed by atoms with Crippen LogP contribution in [0, 0.1) is 11.8 Å². The molecule has 0 saturated carbocycles. The lowest BCUT2D eigenvalue weighted by Gasteiger charge is -2.35. The van der Waals surface area contributed by atoms with E-state index in [2.05, 4.69) is 10.3 Å². The Morgan fingerprint density at radius 2 is 1.76 bits per heavy atom. The summed E-state index contributed by atoms with van der Waals surface area (Å²) in [5.41, 5.74) is 2.34. The first-order valence-electron chi connectivity index (χ1n) is 13.9. The summed E-state index contributed by atoms with van der Waals surface area (Å²) in [7, 11) is 0. The van der Waals surface area contributed by atoms with E-state index in [-0.39, 0.29) is 42.8 Å². The minimum Gasteiger partial charge on any atom is -0.396 e. The van der Waals surface area contributed by atoms with Crippen LogP contribution in [-0.4, -0.2) is 89.9 Å². The Labute approximate surface area is 241 Å². The fourth-order valence-corrected chi connectivity index (χ4v) is 8.82. The van der Waals surface area contributed by atoms with Crippen LogP contribution >= 0.6 is 11.8 Å². The van der Waals surface area contributed by atoms with Gasteiger partial charge in [0.2, 0.25) is 17.7 Å². The molecular weight excluding hydrogens is 540 g/mol. The second-order valence-corrected chi connectivity index (χ2v) is 12.3. The predicted molar refractivity (Wildman–Crippen MR) is 155 cm³/mol. The molecule has 0 aliphatic carbocycles. The van der Waals surface area contributed by atoms with Crippen molar-refractivity contribution in [1.82, 2.24) is 24.8 Å². The van der Waals surface area contributed by atoms with Gasteiger partial charge in [0.05, 0.1) is 22.1 Å². The van der Waals surface area contributed by atoms with E-state index in [1.807, 2.05) is 78.9 Å². The normalized spacial score (nSPS) is 29.1. The Kier molecular flexibility index (Phi) is 6.43. The lowest BCUT2D eigenvalue weighted by Crippen LogP contribution is -2.53. The second-order valence-electron chi connectivity index (χ2n) is 10.8. The molecule has 0 bridgehead atoms. The number of hydrogen-bond donors (Lipinski definition) is 1. The Hall–Kier alpha value is -3.96. The fraction of sp³-hybridized carbons (Fsp3) is 0.367. The number of carbonyl (C=O) groups is 3. The van der Waals surface area contributed by atoms with Crippen LogP contribution in [0.4, 0.5) is 5.69 Å². The summed E-state index contributed by atoms with van der Waals surface area (Å²) < 4.78 is 0.791. The Morgan fingerprint density at radius 3 is 2.59 bits per heavy atom. The van der Waals surface area contributed by atoms with E-state index in [4.69, 9.17) is 0 Å². The zero-order chi connectivity index (χ0) is 28.1. The van der Waals surface area contributed by atoms with Crippen molar-refractivity contribution in [2.45, 2.75) is 29.1 Å². The molecule has 2 saturated heterocycles. The van der Waals surface area contributed by atoms with Gasteiger partial charge in [-0.2, -0.15) is 0 Å². The zero-order valence-corrected chi connectivity index (χ0v) is 23.1. The summed E-state index contributed by atoms with van der Waals surface area (Å²) in [5.74, 6) is -1.81. The summed E-state index contributed by atoms with van der Waals surface area (Å²) in [5, 5.41) is 17.9. The maximum atomic E-state index is 14.4. The molecule has 10 nitrogen and oxygen atoms in total. The molecular formula is C30H30N6O4S. The van der Waals surface area contributed by atoms with Crippen molar-refractivity contribution in [2.75, 3.05) is 31.1 Å². The molecule has 4 aliphatic rings. The number of aromatic nitrogens is 3. The molecule has 5 heterocycles. The van der Waals surface area contributed by atoms with Gasteiger partial charge in [-0.25, -0.2) is 4.68 Å². The molecule has 7 rings (SSSR count). The zero-order valence-electron chi connectivity index (χ0n) is 22.3. The average Bonchev–Trinajstić information content (AvgIpc) is 3.54. The van der Waals surface area contributed by atoms with Crippen LogP contribution in [0.25, 0.3) is 11.0 Å². The van der Waals surface area contributed by atoms with E-state index in [0.29, 0.717) is 19.5 Å². The summed E-state index contributed by atoms with van der Waals surface area (Å²) >= 11 is 1.55. The van der Waals surface area contributed by atoms with Gasteiger partial charge in [0.1, 0.15) is 18.2 Å². The van der Waals surface area contributed by atoms with Gasteiger partial charge in [-0.05, 0) is 30.7 Å². The van der Waals surface area contributed by atoms with Gasteiger partial charge in [-0.3, -0.25) is 14.4 Å². The molecule has 0 radical (unpaired) electrons. The number of nitrogens with zero attached hydrogens (tertiary/aromatic N) is 6. The third-order valence-electron chi connectivity index (χ3n) is 8.59. The largest absolute Gasteiger partial charge is 0.396 e. The highest BCUT2D eigenvalue weighted by atomic mass is 32.2. The van der Waals surface area contributed by atoms with Gasteiger partial charge in [0, 0.05) is 37.2 Å². The first-order chi connectivity index (χ1) is 20.0. The molecule has 11 heteroatoms. The van der Waals surface area contributed by atoms with Crippen molar-refractivity contribution in [1.29, 1.82) is 0 Å². The van der Waals surface area contributed by atoms with Crippen LogP contribution in [0.15, 0.2) is 78.9 Å². The number of aliphatic hydroxyl groups excluding tert-OH is 1. The number of fused-ring (bicyclic) bond motifs is 3.